The molecule has 0 aliphatic heterocycles. The summed E-state index contributed by atoms with van der Waals surface area (Å²) in [6, 6.07) is 4.10. The van der Waals surface area contributed by atoms with Gasteiger partial charge in [-0.05, 0) is 36.1 Å². The van der Waals surface area contributed by atoms with E-state index < -0.39 is 0 Å². The molecule has 1 aromatic rings. The highest BCUT2D eigenvalue weighted by molar-refractivity contribution is 5.69. The van der Waals surface area contributed by atoms with Crippen molar-refractivity contribution in [1.29, 1.82) is 0 Å². The van der Waals surface area contributed by atoms with Crippen molar-refractivity contribution in [3.63, 3.8) is 0 Å². The van der Waals surface area contributed by atoms with Gasteiger partial charge in [0.25, 0.3) is 0 Å². The van der Waals surface area contributed by atoms with Crippen LogP contribution in [0.2, 0.25) is 0 Å². The Morgan fingerprint density at radius 3 is 2.47 bits per heavy atom. The molecule has 5 nitrogen and oxygen atoms in total. The first kappa shape index (κ1) is 13.7. The number of benzene rings is 1. The molecule has 1 aliphatic rings. The summed E-state index contributed by atoms with van der Waals surface area (Å²) in [5, 5.41) is 0. The van der Waals surface area contributed by atoms with E-state index in [2.05, 4.69) is 4.74 Å². The Morgan fingerprint density at radius 2 is 1.89 bits per heavy atom. The lowest BCUT2D eigenvalue weighted by Gasteiger charge is -2.12. The molecule has 1 unspecified atom stereocenters. The molecule has 104 valence electrons. The maximum Gasteiger partial charge on any atom is 0.308 e. The number of ether oxygens (including phenoxy) is 3. The standard InChI is InChI=1S/C14H19NO4/c1-17-12-7-9-5-11(15)6-10(9)8-13(12)19-4-3-14(16)18-2/h7-8,11H,3-6,15H2,1-2H3. The summed E-state index contributed by atoms with van der Waals surface area (Å²) in [7, 11) is 2.96. The van der Waals surface area contributed by atoms with Crippen molar-refractivity contribution in [1.82, 2.24) is 0 Å². The Labute approximate surface area is 112 Å². The van der Waals surface area contributed by atoms with Gasteiger partial charge in [0, 0.05) is 6.04 Å². The third-order valence-electron chi connectivity index (χ3n) is 3.24. The van der Waals surface area contributed by atoms with E-state index in [-0.39, 0.29) is 25.0 Å². The second-order valence-corrected chi connectivity index (χ2v) is 4.61. The normalized spacial score (nSPS) is 16.9. The van der Waals surface area contributed by atoms with E-state index in [1.54, 1.807) is 7.11 Å². The van der Waals surface area contributed by atoms with Gasteiger partial charge in [0.2, 0.25) is 0 Å². The molecule has 0 spiro atoms. The molecule has 2 rings (SSSR count). The highest BCUT2D eigenvalue weighted by atomic mass is 16.5. The molecule has 19 heavy (non-hydrogen) atoms. The topological polar surface area (TPSA) is 70.8 Å². The molecule has 1 aliphatic carbocycles. The Hall–Kier alpha value is -1.75. The number of carbonyl (C=O) groups is 1. The van der Waals surface area contributed by atoms with Crippen LogP contribution < -0.4 is 15.2 Å². The van der Waals surface area contributed by atoms with Crippen LogP contribution in [0, 0.1) is 0 Å². The molecule has 1 atom stereocenters. The quantitative estimate of drug-likeness (QED) is 0.806. The first-order chi connectivity index (χ1) is 9.13. The van der Waals surface area contributed by atoms with Crippen molar-refractivity contribution in [2.45, 2.75) is 25.3 Å². The molecule has 0 bridgehead atoms. The van der Waals surface area contributed by atoms with Crippen LogP contribution in [0.1, 0.15) is 17.5 Å². The summed E-state index contributed by atoms with van der Waals surface area (Å²) in [5.41, 5.74) is 8.35. The number of rotatable bonds is 5. The van der Waals surface area contributed by atoms with Gasteiger partial charge in [-0.15, -0.1) is 0 Å². The summed E-state index contributed by atoms with van der Waals surface area (Å²) in [4.78, 5) is 11.0. The van der Waals surface area contributed by atoms with Gasteiger partial charge in [0.15, 0.2) is 11.5 Å². The monoisotopic (exact) mass is 265 g/mol. The van der Waals surface area contributed by atoms with Gasteiger partial charge < -0.3 is 19.9 Å². The lowest BCUT2D eigenvalue weighted by molar-refractivity contribution is -0.141. The van der Waals surface area contributed by atoms with Crippen molar-refractivity contribution in [3.8, 4) is 11.5 Å². The van der Waals surface area contributed by atoms with Crippen LogP contribution in [-0.2, 0) is 22.4 Å². The predicted molar refractivity (Wildman–Crippen MR) is 70.5 cm³/mol. The molecular formula is C14H19NO4. The molecule has 0 aromatic heterocycles. The smallest absolute Gasteiger partial charge is 0.308 e. The van der Waals surface area contributed by atoms with Crippen LogP contribution in [0.4, 0.5) is 0 Å². The summed E-state index contributed by atoms with van der Waals surface area (Å²) < 4.78 is 15.5. The minimum atomic E-state index is -0.290. The average molecular weight is 265 g/mol. The van der Waals surface area contributed by atoms with Crippen LogP contribution in [0.25, 0.3) is 0 Å². The molecule has 0 saturated carbocycles. The number of hydrogen-bond acceptors (Lipinski definition) is 5. The van der Waals surface area contributed by atoms with Gasteiger partial charge in [-0.1, -0.05) is 0 Å². The van der Waals surface area contributed by atoms with Gasteiger partial charge in [0.05, 0.1) is 27.2 Å². The zero-order valence-corrected chi connectivity index (χ0v) is 11.3. The van der Waals surface area contributed by atoms with E-state index >= 15 is 0 Å². The number of nitrogens with two attached hydrogens (primary N) is 1. The molecule has 5 heteroatoms. The first-order valence-corrected chi connectivity index (χ1v) is 6.29. The maximum absolute atomic E-state index is 11.0. The molecular weight excluding hydrogens is 246 g/mol. The van der Waals surface area contributed by atoms with E-state index in [1.807, 2.05) is 12.1 Å². The Morgan fingerprint density at radius 1 is 1.26 bits per heavy atom. The van der Waals surface area contributed by atoms with Crippen molar-refractivity contribution < 1.29 is 19.0 Å². The van der Waals surface area contributed by atoms with Crippen LogP contribution in [0.5, 0.6) is 11.5 Å². The van der Waals surface area contributed by atoms with E-state index in [9.17, 15) is 4.79 Å². The highest BCUT2D eigenvalue weighted by Crippen LogP contribution is 2.34. The van der Waals surface area contributed by atoms with Crippen LogP contribution in [0.3, 0.4) is 0 Å². The number of esters is 1. The summed E-state index contributed by atoms with van der Waals surface area (Å²) in [5.74, 6) is 1.04. The number of hydrogen-bond donors (Lipinski definition) is 1. The summed E-state index contributed by atoms with van der Waals surface area (Å²) >= 11 is 0. The molecule has 0 radical (unpaired) electrons. The fourth-order valence-corrected chi connectivity index (χ4v) is 2.28. The SMILES string of the molecule is COC(=O)CCOc1cc2c(cc1OC)CC(N)C2. The minimum absolute atomic E-state index is 0.171. The van der Waals surface area contributed by atoms with Gasteiger partial charge in [-0.25, -0.2) is 0 Å². The van der Waals surface area contributed by atoms with Crippen molar-refractivity contribution in [3.05, 3.63) is 23.3 Å². The molecule has 0 saturated heterocycles. The van der Waals surface area contributed by atoms with Gasteiger partial charge >= 0.3 is 5.97 Å². The second kappa shape index (κ2) is 5.93. The molecule has 1 aromatic carbocycles. The number of carbonyl (C=O) groups excluding carboxylic acids is 1. The summed E-state index contributed by atoms with van der Waals surface area (Å²) in [6.07, 6.45) is 1.94. The van der Waals surface area contributed by atoms with E-state index in [1.165, 1.54) is 18.2 Å². The van der Waals surface area contributed by atoms with E-state index in [0.717, 1.165) is 12.8 Å². The van der Waals surface area contributed by atoms with Crippen LogP contribution in [-0.4, -0.2) is 32.8 Å². The lowest BCUT2D eigenvalue weighted by atomic mass is 10.1. The Balaban J connectivity index is 2.07. The van der Waals surface area contributed by atoms with Crippen LogP contribution >= 0.6 is 0 Å². The fraction of sp³-hybridized carbons (Fsp3) is 0.500. The first-order valence-electron chi connectivity index (χ1n) is 6.29. The number of methoxy groups -OCH3 is 2. The van der Waals surface area contributed by atoms with Gasteiger partial charge in [-0.3, -0.25) is 4.79 Å². The predicted octanol–water partition coefficient (Wildman–Crippen LogP) is 1.06. The zero-order valence-electron chi connectivity index (χ0n) is 11.3. The van der Waals surface area contributed by atoms with Gasteiger partial charge in [-0.2, -0.15) is 0 Å². The highest BCUT2D eigenvalue weighted by Gasteiger charge is 2.21. The molecule has 0 fully saturated rings. The number of fused-ring (bicyclic) bond motifs is 1. The Bertz CT molecular complexity index is 473. The van der Waals surface area contributed by atoms with Gasteiger partial charge in [0.1, 0.15) is 0 Å². The third-order valence-corrected chi connectivity index (χ3v) is 3.24. The maximum atomic E-state index is 11.0. The molecule has 0 amide bonds. The fourth-order valence-electron chi connectivity index (χ4n) is 2.28. The van der Waals surface area contributed by atoms with Crippen molar-refractivity contribution in [2.75, 3.05) is 20.8 Å². The second-order valence-electron chi connectivity index (χ2n) is 4.61. The largest absolute Gasteiger partial charge is 0.493 e. The van der Waals surface area contributed by atoms with Crippen LogP contribution in [0.15, 0.2) is 12.1 Å². The Kier molecular flexibility index (Phi) is 4.27. The third kappa shape index (κ3) is 3.17. The van der Waals surface area contributed by atoms with Crippen molar-refractivity contribution in [2.24, 2.45) is 5.73 Å². The zero-order chi connectivity index (χ0) is 13.8. The van der Waals surface area contributed by atoms with E-state index in [0.29, 0.717) is 11.5 Å². The molecule has 0 heterocycles. The van der Waals surface area contributed by atoms with Crippen molar-refractivity contribution >= 4 is 5.97 Å². The summed E-state index contributed by atoms with van der Waals surface area (Å²) in [6.45, 7) is 0.272. The molecule has 2 N–H and O–H groups in total. The average Bonchev–Trinajstić information content (AvgIpc) is 2.76. The van der Waals surface area contributed by atoms with E-state index in [4.69, 9.17) is 15.2 Å². The lowest BCUT2D eigenvalue weighted by Crippen LogP contribution is -2.18. The minimum Gasteiger partial charge on any atom is -0.493 e.